The monoisotopic (exact) mass is 323 g/mol. The molecule has 0 amide bonds. The Kier molecular flexibility index (Phi) is 6.19. The van der Waals surface area contributed by atoms with E-state index in [1.807, 2.05) is 31.2 Å². The third kappa shape index (κ3) is 5.30. The Balaban J connectivity index is 1.73. The highest BCUT2D eigenvalue weighted by atomic mass is 35.5. The zero-order valence-corrected chi connectivity index (χ0v) is 13.1. The molecule has 5 heteroatoms. The Bertz CT molecular complexity index is 574. The Morgan fingerprint density at radius 1 is 1.14 bits per heavy atom. The predicted octanol–water partition coefficient (Wildman–Crippen LogP) is 3.57. The second-order valence-corrected chi connectivity index (χ2v) is 5.54. The fraction of sp³-hybridized carbons (Fsp3) is 0.294. The molecule has 2 unspecified atom stereocenters. The molecule has 2 atom stereocenters. The molecule has 0 heterocycles. The van der Waals surface area contributed by atoms with Gasteiger partial charge in [-0.2, -0.15) is 0 Å². The summed E-state index contributed by atoms with van der Waals surface area (Å²) < 4.78 is 18.2. The number of hydrogen-bond donors (Lipinski definition) is 2. The van der Waals surface area contributed by atoms with E-state index in [4.69, 9.17) is 16.3 Å². The number of hydrogen-bond acceptors (Lipinski definition) is 3. The zero-order valence-electron chi connectivity index (χ0n) is 12.3. The average Bonchev–Trinajstić information content (AvgIpc) is 2.52. The lowest BCUT2D eigenvalue weighted by atomic mass is 10.1. The summed E-state index contributed by atoms with van der Waals surface area (Å²) in [7, 11) is 0. The fourth-order valence-corrected chi connectivity index (χ4v) is 2.09. The summed E-state index contributed by atoms with van der Waals surface area (Å²) in [5.74, 6) is 0.220. The maximum Gasteiger partial charge on any atom is 0.123 e. The molecule has 0 aliphatic heterocycles. The van der Waals surface area contributed by atoms with Crippen LogP contribution in [-0.4, -0.2) is 24.4 Å². The van der Waals surface area contributed by atoms with Gasteiger partial charge in [-0.15, -0.1) is 0 Å². The Morgan fingerprint density at radius 2 is 1.77 bits per heavy atom. The summed E-state index contributed by atoms with van der Waals surface area (Å²) in [5, 5.41) is 13.9. The number of halogens is 2. The van der Waals surface area contributed by atoms with E-state index >= 15 is 0 Å². The van der Waals surface area contributed by atoms with Crippen LogP contribution in [0.3, 0.4) is 0 Å². The van der Waals surface area contributed by atoms with Gasteiger partial charge in [0.2, 0.25) is 0 Å². The minimum Gasteiger partial charge on any atom is -0.491 e. The van der Waals surface area contributed by atoms with Gasteiger partial charge in [-0.1, -0.05) is 23.7 Å². The Morgan fingerprint density at radius 3 is 2.41 bits per heavy atom. The van der Waals surface area contributed by atoms with E-state index in [1.54, 1.807) is 0 Å². The minimum atomic E-state index is -0.653. The molecule has 0 radical (unpaired) electrons. The molecule has 2 N–H and O–H groups in total. The minimum absolute atomic E-state index is 0.0951. The average molecular weight is 324 g/mol. The van der Waals surface area contributed by atoms with Crippen LogP contribution in [0.4, 0.5) is 4.39 Å². The van der Waals surface area contributed by atoms with E-state index in [2.05, 4.69) is 5.32 Å². The van der Waals surface area contributed by atoms with Crippen LogP contribution < -0.4 is 10.1 Å². The van der Waals surface area contributed by atoms with E-state index < -0.39 is 6.10 Å². The van der Waals surface area contributed by atoms with Crippen molar-refractivity contribution in [2.75, 3.05) is 13.2 Å². The maximum absolute atomic E-state index is 12.8. The van der Waals surface area contributed by atoms with Gasteiger partial charge in [0.1, 0.15) is 24.3 Å². The molecular weight excluding hydrogens is 305 g/mol. The third-order valence-electron chi connectivity index (χ3n) is 3.29. The van der Waals surface area contributed by atoms with Gasteiger partial charge in [-0.3, -0.25) is 0 Å². The van der Waals surface area contributed by atoms with Crippen LogP contribution in [-0.2, 0) is 0 Å². The van der Waals surface area contributed by atoms with Gasteiger partial charge < -0.3 is 15.2 Å². The van der Waals surface area contributed by atoms with Crippen LogP contribution in [0.5, 0.6) is 5.75 Å². The summed E-state index contributed by atoms with van der Waals surface area (Å²) >= 11 is 5.85. The molecule has 0 saturated carbocycles. The molecule has 0 saturated heterocycles. The maximum atomic E-state index is 12.8. The van der Waals surface area contributed by atoms with Gasteiger partial charge in [0.15, 0.2) is 0 Å². The summed E-state index contributed by atoms with van der Waals surface area (Å²) in [4.78, 5) is 0. The van der Waals surface area contributed by atoms with Gasteiger partial charge in [-0.05, 0) is 48.9 Å². The van der Waals surface area contributed by atoms with Crippen molar-refractivity contribution in [1.29, 1.82) is 0 Å². The van der Waals surface area contributed by atoms with Crippen LogP contribution in [0.25, 0.3) is 0 Å². The van der Waals surface area contributed by atoms with Crippen LogP contribution >= 0.6 is 11.6 Å². The van der Waals surface area contributed by atoms with Crippen molar-refractivity contribution in [3.05, 3.63) is 64.9 Å². The largest absolute Gasteiger partial charge is 0.491 e. The van der Waals surface area contributed by atoms with Gasteiger partial charge in [0.05, 0.1) is 0 Å². The standard InChI is InChI=1S/C17H19ClFNO2/c1-12(13-2-4-14(18)5-3-13)20-10-16(21)11-22-17-8-6-15(19)7-9-17/h2-9,12,16,20-21H,10-11H2,1H3. The van der Waals surface area contributed by atoms with Crippen LogP contribution in [0, 0.1) is 5.82 Å². The van der Waals surface area contributed by atoms with Crippen molar-refractivity contribution in [3.8, 4) is 5.75 Å². The highest BCUT2D eigenvalue weighted by Crippen LogP contribution is 2.16. The van der Waals surface area contributed by atoms with E-state index in [-0.39, 0.29) is 18.5 Å². The first-order valence-corrected chi connectivity index (χ1v) is 7.47. The number of rotatable bonds is 7. The second-order valence-electron chi connectivity index (χ2n) is 5.10. The summed E-state index contributed by atoms with van der Waals surface area (Å²) in [6.07, 6.45) is -0.653. The predicted molar refractivity (Wildman–Crippen MR) is 85.8 cm³/mol. The smallest absolute Gasteiger partial charge is 0.123 e. The Labute approximate surface area is 134 Å². The number of aliphatic hydroxyl groups is 1. The highest BCUT2D eigenvalue weighted by Gasteiger charge is 2.09. The topological polar surface area (TPSA) is 41.5 Å². The van der Waals surface area contributed by atoms with E-state index in [0.29, 0.717) is 17.3 Å². The molecular formula is C17H19ClFNO2. The van der Waals surface area contributed by atoms with Gasteiger partial charge >= 0.3 is 0 Å². The first-order valence-electron chi connectivity index (χ1n) is 7.10. The van der Waals surface area contributed by atoms with E-state index in [0.717, 1.165) is 5.56 Å². The molecule has 2 rings (SSSR count). The molecule has 118 valence electrons. The van der Waals surface area contributed by atoms with Gasteiger partial charge in [0.25, 0.3) is 0 Å². The lowest BCUT2D eigenvalue weighted by Crippen LogP contribution is -2.33. The SMILES string of the molecule is CC(NCC(O)COc1ccc(F)cc1)c1ccc(Cl)cc1. The fourth-order valence-electron chi connectivity index (χ4n) is 1.96. The molecule has 0 aromatic heterocycles. The van der Waals surface area contributed by atoms with Gasteiger partial charge in [0, 0.05) is 17.6 Å². The molecule has 2 aromatic rings. The van der Waals surface area contributed by atoms with Crippen molar-refractivity contribution in [1.82, 2.24) is 5.32 Å². The normalized spacial score (nSPS) is 13.6. The van der Waals surface area contributed by atoms with E-state index in [1.165, 1.54) is 24.3 Å². The van der Waals surface area contributed by atoms with Crippen molar-refractivity contribution in [3.63, 3.8) is 0 Å². The first-order chi connectivity index (χ1) is 10.5. The number of aliphatic hydroxyl groups excluding tert-OH is 1. The Hall–Kier alpha value is -1.62. The van der Waals surface area contributed by atoms with Crippen molar-refractivity contribution < 1.29 is 14.2 Å². The van der Waals surface area contributed by atoms with Crippen molar-refractivity contribution >= 4 is 11.6 Å². The lowest BCUT2D eigenvalue weighted by Gasteiger charge is -2.18. The third-order valence-corrected chi connectivity index (χ3v) is 3.54. The van der Waals surface area contributed by atoms with Crippen molar-refractivity contribution in [2.24, 2.45) is 0 Å². The van der Waals surface area contributed by atoms with Gasteiger partial charge in [-0.25, -0.2) is 4.39 Å². The number of nitrogens with one attached hydrogen (secondary N) is 1. The van der Waals surface area contributed by atoms with Crippen LogP contribution in [0.1, 0.15) is 18.5 Å². The molecule has 2 aromatic carbocycles. The summed E-state index contributed by atoms with van der Waals surface area (Å²) in [5.41, 5.74) is 1.09. The summed E-state index contributed by atoms with van der Waals surface area (Å²) in [6.45, 7) is 2.55. The first kappa shape index (κ1) is 16.7. The molecule has 22 heavy (non-hydrogen) atoms. The molecule has 0 fully saturated rings. The molecule has 0 spiro atoms. The second kappa shape index (κ2) is 8.13. The van der Waals surface area contributed by atoms with E-state index in [9.17, 15) is 9.50 Å². The lowest BCUT2D eigenvalue weighted by molar-refractivity contribution is 0.104. The number of benzene rings is 2. The number of ether oxygens (including phenoxy) is 1. The van der Waals surface area contributed by atoms with Crippen LogP contribution in [0.15, 0.2) is 48.5 Å². The quantitative estimate of drug-likeness (QED) is 0.818. The highest BCUT2D eigenvalue weighted by molar-refractivity contribution is 6.30. The zero-order chi connectivity index (χ0) is 15.9. The summed E-state index contributed by atoms with van der Waals surface area (Å²) in [6, 6.07) is 13.4. The van der Waals surface area contributed by atoms with Crippen LogP contribution in [0.2, 0.25) is 5.02 Å². The molecule has 0 aliphatic carbocycles. The molecule has 0 bridgehead atoms. The van der Waals surface area contributed by atoms with Crippen molar-refractivity contribution in [2.45, 2.75) is 19.1 Å². The molecule has 0 aliphatic rings. The molecule has 3 nitrogen and oxygen atoms in total.